The molecule has 0 unspecified atom stereocenters. The number of nitro benzene ring substituents is 1. The zero-order chi connectivity index (χ0) is 13.1. The van der Waals surface area contributed by atoms with Crippen LogP contribution in [0.5, 0.6) is 0 Å². The second kappa shape index (κ2) is 5.32. The van der Waals surface area contributed by atoms with Crippen LogP contribution in [0.2, 0.25) is 5.02 Å². The third kappa shape index (κ3) is 2.77. The Morgan fingerprint density at radius 2 is 2.33 bits per heavy atom. The summed E-state index contributed by atoms with van der Waals surface area (Å²) in [5, 5.41) is 16.8. The summed E-state index contributed by atoms with van der Waals surface area (Å²) in [6.45, 7) is 2.35. The topological polar surface area (TPSA) is 68.1 Å². The minimum absolute atomic E-state index is 0.104. The number of hydrogen-bond acceptors (Lipinski definition) is 5. The van der Waals surface area contributed by atoms with Crippen LogP contribution in [0.15, 0.2) is 23.6 Å². The number of nitro groups is 1. The maximum atomic E-state index is 10.9. The number of anilines is 1. The molecule has 0 amide bonds. The van der Waals surface area contributed by atoms with Gasteiger partial charge < -0.3 is 5.32 Å². The molecule has 18 heavy (non-hydrogen) atoms. The Labute approximate surface area is 113 Å². The smallest absolute Gasteiger partial charge is 0.310 e. The van der Waals surface area contributed by atoms with Crippen molar-refractivity contribution in [3.63, 3.8) is 0 Å². The Balaban J connectivity index is 2.19. The molecule has 0 saturated carbocycles. The summed E-state index contributed by atoms with van der Waals surface area (Å²) in [6, 6.07) is 4.80. The standard InChI is InChI=1S/C11H10ClN3O2S/c1-7-6-18-10(14-7)5-13-9-4-2-3-8(12)11(9)15(16)17/h2-4,6,13H,5H2,1H3. The summed E-state index contributed by atoms with van der Waals surface area (Å²) in [7, 11) is 0. The van der Waals surface area contributed by atoms with Gasteiger partial charge in [-0.3, -0.25) is 10.1 Å². The number of benzene rings is 1. The number of hydrogen-bond donors (Lipinski definition) is 1. The summed E-state index contributed by atoms with van der Waals surface area (Å²) >= 11 is 7.33. The van der Waals surface area contributed by atoms with Gasteiger partial charge >= 0.3 is 5.69 Å². The minimum atomic E-state index is -0.488. The van der Waals surface area contributed by atoms with Crippen molar-refractivity contribution in [1.29, 1.82) is 0 Å². The van der Waals surface area contributed by atoms with Crippen LogP contribution in [0.25, 0.3) is 0 Å². The number of nitrogens with zero attached hydrogens (tertiary/aromatic N) is 2. The van der Waals surface area contributed by atoms with Gasteiger partial charge in [-0.25, -0.2) is 4.98 Å². The zero-order valence-electron chi connectivity index (χ0n) is 9.51. The van der Waals surface area contributed by atoms with E-state index in [1.165, 1.54) is 17.4 Å². The molecule has 1 aromatic heterocycles. The van der Waals surface area contributed by atoms with Gasteiger partial charge in [0.25, 0.3) is 0 Å². The number of aromatic nitrogens is 1. The number of halogens is 1. The van der Waals surface area contributed by atoms with Crippen LogP contribution in [0.4, 0.5) is 11.4 Å². The third-order valence-corrected chi connectivity index (χ3v) is 3.54. The van der Waals surface area contributed by atoms with E-state index in [2.05, 4.69) is 10.3 Å². The normalized spacial score (nSPS) is 10.3. The molecule has 0 aliphatic heterocycles. The van der Waals surface area contributed by atoms with E-state index in [1.807, 2.05) is 12.3 Å². The molecular weight excluding hydrogens is 274 g/mol. The molecule has 2 rings (SSSR count). The molecule has 1 N–H and O–H groups in total. The molecular formula is C11H10ClN3O2S. The van der Waals surface area contributed by atoms with Crippen molar-refractivity contribution in [2.24, 2.45) is 0 Å². The van der Waals surface area contributed by atoms with Gasteiger partial charge in [-0.15, -0.1) is 11.3 Å². The van der Waals surface area contributed by atoms with Crippen molar-refractivity contribution >= 4 is 34.3 Å². The summed E-state index contributed by atoms with van der Waals surface area (Å²) < 4.78 is 0. The summed E-state index contributed by atoms with van der Waals surface area (Å²) in [6.07, 6.45) is 0. The highest BCUT2D eigenvalue weighted by Gasteiger charge is 2.18. The predicted molar refractivity (Wildman–Crippen MR) is 72.3 cm³/mol. The largest absolute Gasteiger partial charge is 0.373 e. The highest BCUT2D eigenvalue weighted by Crippen LogP contribution is 2.32. The lowest BCUT2D eigenvalue weighted by Crippen LogP contribution is -2.02. The van der Waals surface area contributed by atoms with Crippen molar-refractivity contribution in [1.82, 2.24) is 4.98 Å². The SMILES string of the molecule is Cc1csc(CNc2cccc(Cl)c2[N+](=O)[O-])n1. The number of rotatable bonds is 4. The number of thiazole rings is 1. The van der Waals surface area contributed by atoms with E-state index < -0.39 is 4.92 Å². The van der Waals surface area contributed by atoms with E-state index in [0.717, 1.165) is 10.7 Å². The van der Waals surface area contributed by atoms with E-state index in [0.29, 0.717) is 12.2 Å². The molecule has 94 valence electrons. The van der Waals surface area contributed by atoms with Gasteiger partial charge in [0.1, 0.15) is 15.7 Å². The molecule has 0 radical (unpaired) electrons. The molecule has 7 heteroatoms. The van der Waals surface area contributed by atoms with E-state index in [1.54, 1.807) is 12.1 Å². The molecule has 2 aromatic rings. The summed E-state index contributed by atoms with van der Waals surface area (Å²) in [5.41, 5.74) is 1.24. The molecule has 5 nitrogen and oxygen atoms in total. The van der Waals surface area contributed by atoms with Gasteiger partial charge in [0.2, 0.25) is 0 Å². The Morgan fingerprint density at radius 1 is 1.56 bits per heavy atom. The second-order valence-electron chi connectivity index (χ2n) is 3.63. The maximum absolute atomic E-state index is 10.9. The van der Waals surface area contributed by atoms with Crippen molar-refractivity contribution in [3.05, 3.63) is 49.4 Å². The van der Waals surface area contributed by atoms with Gasteiger partial charge in [0.15, 0.2) is 0 Å². The van der Waals surface area contributed by atoms with Crippen LogP contribution in [0.1, 0.15) is 10.7 Å². The first-order valence-corrected chi connectivity index (χ1v) is 6.41. The van der Waals surface area contributed by atoms with Crippen LogP contribution in [0, 0.1) is 17.0 Å². The molecule has 0 atom stereocenters. The van der Waals surface area contributed by atoms with Crippen molar-refractivity contribution in [3.8, 4) is 0 Å². The van der Waals surface area contributed by atoms with E-state index in [9.17, 15) is 10.1 Å². The Kier molecular flexibility index (Phi) is 3.78. The quantitative estimate of drug-likeness (QED) is 0.687. The number of aryl methyl sites for hydroxylation is 1. The fourth-order valence-corrected chi connectivity index (χ4v) is 2.45. The lowest BCUT2D eigenvalue weighted by atomic mass is 10.2. The average molecular weight is 284 g/mol. The Morgan fingerprint density at radius 3 is 2.94 bits per heavy atom. The van der Waals surface area contributed by atoms with Crippen molar-refractivity contribution in [2.45, 2.75) is 13.5 Å². The monoisotopic (exact) mass is 283 g/mol. The molecule has 0 aliphatic rings. The van der Waals surface area contributed by atoms with Gasteiger partial charge in [0.05, 0.1) is 11.5 Å². The summed E-state index contributed by atoms with van der Waals surface area (Å²) in [5.74, 6) is 0. The predicted octanol–water partition coefficient (Wildman–Crippen LogP) is 3.63. The Bertz CT molecular complexity index is 585. The number of nitrogens with one attached hydrogen (secondary N) is 1. The van der Waals surface area contributed by atoms with Gasteiger partial charge in [-0.1, -0.05) is 17.7 Å². The highest BCUT2D eigenvalue weighted by molar-refractivity contribution is 7.09. The zero-order valence-corrected chi connectivity index (χ0v) is 11.1. The van der Waals surface area contributed by atoms with Gasteiger partial charge in [-0.2, -0.15) is 0 Å². The fraction of sp³-hybridized carbons (Fsp3) is 0.182. The molecule has 1 heterocycles. The molecule has 0 spiro atoms. The van der Waals surface area contributed by atoms with Crippen LogP contribution in [-0.4, -0.2) is 9.91 Å². The molecule has 1 aromatic carbocycles. The molecule has 0 bridgehead atoms. The first-order chi connectivity index (χ1) is 8.58. The third-order valence-electron chi connectivity index (χ3n) is 2.27. The van der Waals surface area contributed by atoms with Crippen molar-refractivity contribution < 1.29 is 4.92 Å². The first-order valence-electron chi connectivity index (χ1n) is 5.15. The average Bonchev–Trinajstić information content (AvgIpc) is 2.72. The van der Waals surface area contributed by atoms with Gasteiger partial charge in [-0.05, 0) is 19.1 Å². The van der Waals surface area contributed by atoms with Crippen LogP contribution >= 0.6 is 22.9 Å². The molecule has 0 saturated heterocycles. The van der Waals surface area contributed by atoms with E-state index in [-0.39, 0.29) is 10.7 Å². The molecule has 0 fully saturated rings. The van der Waals surface area contributed by atoms with Crippen LogP contribution in [0.3, 0.4) is 0 Å². The maximum Gasteiger partial charge on any atom is 0.310 e. The highest BCUT2D eigenvalue weighted by atomic mass is 35.5. The lowest BCUT2D eigenvalue weighted by molar-refractivity contribution is -0.383. The fourth-order valence-electron chi connectivity index (χ4n) is 1.50. The second-order valence-corrected chi connectivity index (χ2v) is 4.98. The summed E-state index contributed by atoms with van der Waals surface area (Å²) in [4.78, 5) is 14.7. The van der Waals surface area contributed by atoms with Crippen molar-refractivity contribution in [2.75, 3.05) is 5.32 Å². The van der Waals surface area contributed by atoms with E-state index in [4.69, 9.17) is 11.6 Å². The van der Waals surface area contributed by atoms with Gasteiger partial charge in [0, 0.05) is 11.1 Å². The molecule has 0 aliphatic carbocycles. The number of para-hydroxylation sites is 1. The van der Waals surface area contributed by atoms with Crippen LogP contribution in [-0.2, 0) is 6.54 Å². The lowest BCUT2D eigenvalue weighted by Gasteiger charge is -2.06. The first kappa shape index (κ1) is 12.8. The van der Waals surface area contributed by atoms with E-state index >= 15 is 0 Å². The Hall–Kier alpha value is -1.66. The van der Waals surface area contributed by atoms with Crippen LogP contribution < -0.4 is 5.32 Å². The minimum Gasteiger partial charge on any atom is -0.373 e.